The Balaban J connectivity index is 2.88. The summed E-state index contributed by atoms with van der Waals surface area (Å²) in [6, 6.07) is 4.50. The summed E-state index contributed by atoms with van der Waals surface area (Å²) in [5, 5.41) is 14.5. The summed E-state index contributed by atoms with van der Waals surface area (Å²) in [4.78, 5) is 23.0. The molecule has 5 heteroatoms. The number of aromatic carboxylic acids is 1. The van der Waals surface area contributed by atoms with Gasteiger partial charge in [-0.3, -0.25) is 0 Å². The molecule has 0 aliphatic heterocycles. The minimum atomic E-state index is -1.06. The van der Waals surface area contributed by atoms with Crippen LogP contribution in [0, 0.1) is 12.8 Å². The Kier molecular flexibility index (Phi) is 4.92. The van der Waals surface area contributed by atoms with Crippen LogP contribution in [0.3, 0.4) is 0 Å². The van der Waals surface area contributed by atoms with Gasteiger partial charge in [-0.25, -0.2) is 9.59 Å². The lowest BCUT2D eigenvalue weighted by atomic mass is 10.1. The van der Waals surface area contributed by atoms with Crippen LogP contribution < -0.4 is 10.6 Å². The van der Waals surface area contributed by atoms with E-state index in [1.807, 2.05) is 20.8 Å². The quantitative estimate of drug-likeness (QED) is 0.782. The van der Waals surface area contributed by atoms with Gasteiger partial charge in [0, 0.05) is 6.04 Å². The van der Waals surface area contributed by atoms with Crippen molar-refractivity contribution in [2.75, 3.05) is 5.32 Å². The van der Waals surface area contributed by atoms with Crippen molar-refractivity contribution in [2.45, 2.75) is 33.7 Å². The Labute approximate surface area is 113 Å². The van der Waals surface area contributed by atoms with E-state index in [1.54, 1.807) is 19.1 Å². The van der Waals surface area contributed by atoms with Gasteiger partial charge in [-0.05, 0) is 31.4 Å². The molecule has 0 aliphatic rings. The SMILES string of the molecule is Cc1cccc(C(=O)O)c1NC(=O)NC(C)C(C)C. The molecule has 1 aromatic rings. The molecule has 19 heavy (non-hydrogen) atoms. The highest BCUT2D eigenvalue weighted by molar-refractivity contribution is 6.01. The number of urea groups is 1. The van der Waals surface area contributed by atoms with E-state index in [0.717, 1.165) is 0 Å². The molecule has 104 valence electrons. The van der Waals surface area contributed by atoms with Crippen molar-refractivity contribution in [1.82, 2.24) is 5.32 Å². The molecule has 1 atom stereocenters. The van der Waals surface area contributed by atoms with Crippen LogP contribution in [0.5, 0.6) is 0 Å². The first-order valence-corrected chi connectivity index (χ1v) is 6.23. The Morgan fingerprint density at radius 3 is 2.37 bits per heavy atom. The fourth-order valence-corrected chi connectivity index (χ4v) is 1.53. The molecule has 0 radical (unpaired) electrons. The molecular formula is C14H20N2O3. The number of nitrogens with one attached hydrogen (secondary N) is 2. The Bertz CT molecular complexity index is 484. The van der Waals surface area contributed by atoms with Crippen molar-refractivity contribution in [3.63, 3.8) is 0 Å². The number of amides is 2. The maximum atomic E-state index is 11.8. The van der Waals surface area contributed by atoms with Crippen LogP contribution in [0.2, 0.25) is 0 Å². The van der Waals surface area contributed by atoms with E-state index in [0.29, 0.717) is 17.2 Å². The lowest BCUT2D eigenvalue weighted by Gasteiger charge is -2.19. The molecule has 2 amide bonds. The normalized spacial score (nSPS) is 12.1. The number of carboxylic acids is 1. The average Bonchev–Trinajstić information content (AvgIpc) is 2.31. The number of carbonyl (C=O) groups excluding carboxylic acids is 1. The second kappa shape index (κ2) is 6.22. The molecule has 0 bridgehead atoms. The molecule has 0 fully saturated rings. The van der Waals surface area contributed by atoms with E-state index < -0.39 is 12.0 Å². The molecule has 0 spiro atoms. The number of aryl methyl sites for hydroxylation is 1. The molecule has 1 aromatic carbocycles. The third-order valence-electron chi connectivity index (χ3n) is 3.10. The van der Waals surface area contributed by atoms with E-state index in [2.05, 4.69) is 10.6 Å². The van der Waals surface area contributed by atoms with Gasteiger partial charge in [-0.2, -0.15) is 0 Å². The smallest absolute Gasteiger partial charge is 0.337 e. The first-order chi connectivity index (χ1) is 8.82. The van der Waals surface area contributed by atoms with Gasteiger partial charge in [0.1, 0.15) is 0 Å². The molecule has 1 rings (SSSR count). The summed E-state index contributed by atoms with van der Waals surface area (Å²) in [7, 11) is 0. The highest BCUT2D eigenvalue weighted by Crippen LogP contribution is 2.20. The monoisotopic (exact) mass is 264 g/mol. The number of anilines is 1. The van der Waals surface area contributed by atoms with Gasteiger partial charge in [0.05, 0.1) is 11.3 Å². The third-order valence-corrected chi connectivity index (χ3v) is 3.10. The molecule has 0 saturated carbocycles. The second-order valence-corrected chi connectivity index (χ2v) is 4.93. The Morgan fingerprint density at radius 2 is 1.84 bits per heavy atom. The van der Waals surface area contributed by atoms with Crippen molar-refractivity contribution in [3.8, 4) is 0 Å². The number of carbonyl (C=O) groups is 2. The van der Waals surface area contributed by atoms with Crippen molar-refractivity contribution in [1.29, 1.82) is 0 Å². The summed E-state index contributed by atoms with van der Waals surface area (Å²) >= 11 is 0. The minimum absolute atomic E-state index is 0.0114. The zero-order valence-corrected chi connectivity index (χ0v) is 11.7. The van der Waals surface area contributed by atoms with E-state index >= 15 is 0 Å². The zero-order valence-electron chi connectivity index (χ0n) is 11.7. The van der Waals surface area contributed by atoms with Crippen molar-refractivity contribution in [3.05, 3.63) is 29.3 Å². The third kappa shape index (κ3) is 3.98. The van der Waals surface area contributed by atoms with Crippen molar-refractivity contribution >= 4 is 17.7 Å². The summed E-state index contributed by atoms with van der Waals surface area (Å²) in [5.74, 6) is -0.752. The van der Waals surface area contributed by atoms with Crippen molar-refractivity contribution in [2.24, 2.45) is 5.92 Å². The van der Waals surface area contributed by atoms with Gasteiger partial charge < -0.3 is 15.7 Å². The fraction of sp³-hybridized carbons (Fsp3) is 0.429. The number of benzene rings is 1. The number of hydrogen-bond acceptors (Lipinski definition) is 2. The van der Waals surface area contributed by atoms with Gasteiger partial charge in [-0.15, -0.1) is 0 Å². The first-order valence-electron chi connectivity index (χ1n) is 6.23. The molecule has 0 heterocycles. The lowest BCUT2D eigenvalue weighted by Crippen LogP contribution is -2.39. The van der Waals surface area contributed by atoms with Crippen LogP contribution in [-0.2, 0) is 0 Å². The Morgan fingerprint density at radius 1 is 1.21 bits per heavy atom. The molecular weight excluding hydrogens is 244 g/mol. The number of carboxylic acid groups (broad SMARTS) is 1. The molecule has 5 nitrogen and oxygen atoms in total. The first kappa shape index (κ1) is 15.0. The summed E-state index contributed by atoms with van der Waals surface area (Å²) in [5.41, 5.74) is 1.14. The van der Waals surface area contributed by atoms with Gasteiger partial charge in [-0.1, -0.05) is 26.0 Å². The molecule has 0 aliphatic carbocycles. The highest BCUT2D eigenvalue weighted by Gasteiger charge is 2.16. The van der Waals surface area contributed by atoms with Crippen molar-refractivity contribution < 1.29 is 14.7 Å². The Hall–Kier alpha value is -2.04. The van der Waals surface area contributed by atoms with Gasteiger partial charge in [0.2, 0.25) is 0 Å². The summed E-state index contributed by atoms with van der Waals surface area (Å²) in [6.45, 7) is 7.66. The predicted molar refractivity (Wildman–Crippen MR) is 74.6 cm³/mol. The number of hydrogen-bond donors (Lipinski definition) is 3. The van der Waals surface area contributed by atoms with Crippen LogP contribution in [0.4, 0.5) is 10.5 Å². The van der Waals surface area contributed by atoms with Crippen LogP contribution in [0.1, 0.15) is 36.7 Å². The fourth-order valence-electron chi connectivity index (χ4n) is 1.53. The molecule has 1 unspecified atom stereocenters. The maximum absolute atomic E-state index is 11.8. The summed E-state index contributed by atoms with van der Waals surface area (Å²) in [6.07, 6.45) is 0. The van der Waals surface area contributed by atoms with Crippen LogP contribution in [0.15, 0.2) is 18.2 Å². The minimum Gasteiger partial charge on any atom is -0.478 e. The summed E-state index contributed by atoms with van der Waals surface area (Å²) < 4.78 is 0. The molecule has 0 saturated heterocycles. The average molecular weight is 264 g/mol. The lowest BCUT2D eigenvalue weighted by molar-refractivity contribution is 0.0698. The van der Waals surface area contributed by atoms with Gasteiger partial charge in [0.15, 0.2) is 0 Å². The van der Waals surface area contributed by atoms with Gasteiger partial charge >= 0.3 is 12.0 Å². The van der Waals surface area contributed by atoms with E-state index in [9.17, 15) is 9.59 Å². The van der Waals surface area contributed by atoms with Crippen LogP contribution in [-0.4, -0.2) is 23.1 Å². The van der Waals surface area contributed by atoms with Gasteiger partial charge in [0.25, 0.3) is 0 Å². The zero-order chi connectivity index (χ0) is 14.6. The highest BCUT2D eigenvalue weighted by atomic mass is 16.4. The van der Waals surface area contributed by atoms with E-state index in [1.165, 1.54) is 6.07 Å². The predicted octanol–water partition coefficient (Wildman–Crippen LogP) is 2.86. The van der Waals surface area contributed by atoms with Crippen LogP contribution >= 0.6 is 0 Å². The molecule has 3 N–H and O–H groups in total. The molecule has 0 aromatic heterocycles. The van der Waals surface area contributed by atoms with E-state index in [-0.39, 0.29) is 11.6 Å². The maximum Gasteiger partial charge on any atom is 0.337 e. The van der Waals surface area contributed by atoms with Crippen LogP contribution in [0.25, 0.3) is 0 Å². The number of rotatable bonds is 4. The van der Waals surface area contributed by atoms with E-state index in [4.69, 9.17) is 5.11 Å². The number of para-hydroxylation sites is 1. The topological polar surface area (TPSA) is 78.4 Å². The second-order valence-electron chi connectivity index (χ2n) is 4.93. The largest absolute Gasteiger partial charge is 0.478 e. The standard InChI is InChI=1S/C14H20N2O3/c1-8(2)10(4)15-14(19)16-12-9(3)6-5-7-11(12)13(17)18/h5-8,10H,1-4H3,(H,17,18)(H2,15,16,19).